The number of rotatable bonds is 2. The molecular formula is C16H23N3O2. The van der Waals surface area contributed by atoms with Crippen LogP contribution >= 0.6 is 0 Å². The number of ether oxygens (including phenoxy) is 1. The van der Waals surface area contributed by atoms with Crippen LogP contribution in [-0.4, -0.2) is 55.7 Å². The van der Waals surface area contributed by atoms with Crippen molar-refractivity contribution in [2.75, 3.05) is 38.7 Å². The zero-order chi connectivity index (χ0) is 14.8. The van der Waals surface area contributed by atoms with Gasteiger partial charge in [0.15, 0.2) is 0 Å². The van der Waals surface area contributed by atoms with Crippen LogP contribution in [0.2, 0.25) is 0 Å². The van der Waals surface area contributed by atoms with Gasteiger partial charge in [-0.25, -0.2) is 4.98 Å². The minimum atomic E-state index is 0.115. The minimum absolute atomic E-state index is 0.115. The van der Waals surface area contributed by atoms with Crippen molar-refractivity contribution in [3.05, 3.63) is 23.9 Å². The van der Waals surface area contributed by atoms with Gasteiger partial charge in [0.25, 0.3) is 5.91 Å². The lowest BCUT2D eigenvalue weighted by Gasteiger charge is -2.41. The first kappa shape index (κ1) is 14.3. The maximum atomic E-state index is 12.7. The summed E-state index contributed by atoms with van der Waals surface area (Å²) >= 11 is 0. The monoisotopic (exact) mass is 289 g/mol. The van der Waals surface area contributed by atoms with E-state index in [4.69, 9.17) is 4.74 Å². The smallest absolute Gasteiger partial charge is 0.254 e. The lowest BCUT2D eigenvalue weighted by atomic mass is 9.88. The number of anilines is 1. The number of nitrogens with zero attached hydrogens (tertiary/aromatic N) is 3. The number of hydrogen-bond donors (Lipinski definition) is 0. The molecule has 2 aliphatic rings. The van der Waals surface area contributed by atoms with Crippen molar-refractivity contribution in [1.82, 2.24) is 9.88 Å². The molecule has 3 rings (SSSR count). The fraction of sp³-hybridized carbons (Fsp3) is 0.625. The van der Waals surface area contributed by atoms with Crippen LogP contribution in [0.15, 0.2) is 18.3 Å². The first-order chi connectivity index (χ1) is 10.1. The lowest BCUT2D eigenvalue weighted by molar-refractivity contribution is -0.0606. The van der Waals surface area contributed by atoms with Crippen LogP contribution in [0.3, 0.4) is 0 Å². The number of hydrogen-bond acceptors (Lipinski definition) is 4. The van der Waals surface area contributed by atoms with Crippen molar-refractivity contribution in [3.63, 3.8) is 0 Å². The molecule has 5 nitrogen and oxygen atoms in total. The molecule has 0 spiro atoms. The highest BCUT2D eigenvalue weighted by Gasteiger charge is 2.34. The zero-order valence-corrected chi connectivity index (χ0v) is 12.8. The van der Waals surface area contributed by atoms with Gasteiger partial charge in [-0.2, -0.15) is 0 Å². The van der Waals surface area contributed by atoms with Gasteiger partial charge in [-0.3, -0.25) is 4.79 Å². The number of fused-ring (bicyclic) bond motifs is 1. The molecule has 2 aliphatic heterocycles. The number of amides is 1. The molecule has 0 bridgehead atoms. The van der Waals surface area contributed by atoms with E-state index in [0.717, 1.165) is 43.9 Å². The van der Waals surface area contributed by atoms with Gasteiger partial charge in [0.1, 0.15) is 5.82 Å². The van der Waals surface area contributed by atoms with Crippen molar-refractivity contribution in [1.29, 1.82) is 0 Å². The third kappa shape index (κ3) is 3.02. The van der Waals surface area contributed by atoms with Crippen molar-refractivity contribution in [3.8, 4) is 0 Å². The van der Waals surface area contributed by atoms with E-state index >= 15 is 0 Å². The predicted molar refractivity (Wildman–Crippen MR) is 81.5 cm³/mol. The summed E-state index contributed by atoms with van der Waals surface area (Å²) in [6.07, 6.45) is 5.32. The van der Waals surface area contributed by atoms with E-state index in [9.17, 15) is 4.79 Å². The van der Waals surface area contributed by atoms with Crippen molar-refractivity contribution in [2.24, 2.45) is 5.92 Å². The third-order valence-corrected chi connectivity index (χ3v) is 4.45. The van der Waals surface area contributed by atoms with E-state index in [2.05, 4.69) is 4.98 Å². The van der Waals surface area contributed by atoms with Crippen LogP contribution in [0.25, 0.3) is 0 Å². The van der Waals surface area contributed by atoms with Gasteiger partial charge in [0.05, 0.1) is 6.10 Å². The summed E-state index contributed by atoms with van der Waals surface area (Å²) in [7, 11) is 3.86. The number of piperidine rings is 1. The molecule has 0 aromatic carbocycles. The van der Waals surface area contributed by atoms with Gasteiger partial charge in [-0.15, -0.1) is 0 Å². The Labute approximate surface area is 125 Å². The van der Waals surface area contributed by atoms with Gasteiger partial charge in [0.2, 0.25) is 0 Å². The Kier molecular flexibility index (Phi) is 4.10. The molecule has 5 heteroatoms. The minimum Gasteiger partial charge on any atom is -0.378 e. The predicted octanol–water partition coefficient (Wildman–Crippen LogP) is 1.79. The molecule has 114 valence electrons. The Morgan fingerprint density at radius 3 is 3.10 bits per heavy atom. The number of carbonyl (C=O) groups excluding carboxylic acids is 1. The Morgan fingerprint density at radius 1 is 1.43 bits per heavy atom. The Balaban J connectivity index is 1.72. The van der Waals surface area contributed by atoms with Crippen molar-refractivity contribution >= 4 is 11.7 Å². The summed E-state index contributed by atoms with van der Waals surface area (Å²) in [5.74, 6) is 1.44. The quantitative estimate of drug-likeness (QED) is 0.832. The van der Waals surface area contributed by atoms with E-state index in [-0.39, 0.29) is 5.91 Å². The van der Waals surface area contributed by atoms with E-state index in [1.807, 2.05) is 30.0 Å². The molecule has 0 unspecified atom stereocenters. The van der Waals surface area contributed by atoms with Gasteiger partial charge in [0, 0.05) is 51.5 Å². The summed E-state index contributed by atoms with van der Waals surface area (Å²) in [4.78, 5) is 20.8. The molecule has 0 aliphatic carbocycles. The fourth-order valence-electron chi connectivity index (χ4n) is 3.25. The molecule has 2 atom stereocenters. The maximum Gasteiger partial charge on any atom is 0.254 e. The van der Waals surface area contributed by atoms with E-state index in [1.54, 1.807) is 12.3 Å². The van der Waals surface area contributed by atoms with Crippen LogP contribution in [0.1, 0.15) is 29.6 Å². The Bertz CT molecular complexity index is 518. The molecular weight excluding hydrogens is 266 g/mol. The fourth-order valence-corrected chi connectivity index (χ4v) is 3.25. The Hall–Kier alpha value is -1.62. The molecule has 1 aromatic heterocycles. The number of likely N-dealkylation sites (tertiary alicyclic amines) is 1. The topological polar surface area (TPSA) is 45.7 Å². The van der Waals surface area contributed by atoms with Crippen LogP contribution in [0, 0.1) is 5.92 Å². The number of carbonyl (C=O) groups is 1. The molecule has 0 saturated carbocycles. The number of pyridine rings is 1. The molecule has 3 heterocycles. The van der Waals surface area contributed by atoms with E-state index < -0.39 is 0 Å². The van der Waals surface area contributed by atoms with Crippen molar-refractivity contribution < 1.29 is 9.53 Å². The highest BCUT2D eigenvalue weighted by Crippen LogP contribution is 2.29. The molecule has 1 aromatic rings. The zero-order valence-electron chi connectivity index (χ0n) is 12.8. The van der Waals surface area contributed by atoms with Crippen LogP contribution in [-0.2, 0) is 4.74 Å². The summed E-state index contributed by atoms with van der Waals surface area (Å²) in [5.41, 5.74) is 0.726. The average molecular weight is 289 g/mol. The van der Waals surface area contributed by atoms with E-state index in [0.29, 0.717) is 12.0 Å². The second kappa shape index (κ2) is 6.02. The summed E-state index contributed by atoms with van der Waals surface area (Å²) in [6, 6.07) is 3.67. The summed E-state index contributed by atoms with van der Waals surface area (Å²) in [5, 5.41) is 0. The summed E-state index contributed by atoms with van der Waals surface area (Å²) in [6.45, 7) is 2.49. The normalized spacial score (nSPS) is 25.3. The third-order valence-electron chi connectivity index (χ3n) is 4.45. The van der Waals surface area contributed by atoms with Gasteiger partial charge in [-0.05, 0) is 31.4 Å². The van der Waals surface area contributed by atoms with Gasteiger partial charge >= 0.3 is 0 Å². The van der Waals surface area contributed by atoms with Crippen molar-refractivity contribution in [2.45, 2.75) is 25.4 Å². The molecule has 21 heavy (non-hydrogen) atoms. The van der Waals surface area contributed by atoms with Crippen LogP contribution in [0.5, 0.6) is 0 Å². The first-order valence-corrected chi connectivity index (χ1v) is 7.69. The highest BCUT2D eigenvalue weighted by molar-refractivity contribution is 5.94. The largest absolute Gasteiger partial charge is 0.378 e. The van der Waals surface area contributed by atoms with Crippen LogP contribution < -0.4 is 4.90 Å². The second-order valence-corrected chi connectivity index (χ2v) is 6.15. The van der Waals surface area contributed by atoms with Crippen LogP contribution in [0.4, 0.5) is 5.82 Å². The highest BCUT2D eigenvalue weighted by atomic mass is 16.5. The molecule has 1 amide bonds. The Morgan fingerprint density at radius 2 is 2.29 bits per heavy atom. The lowest BCUT2D eigenvalue weighted by Crippen LogP contribution is -2.48. The van der Waals surface area contributed by atoms with Gasteiger partial charge in [-0.1, -0.05) is 0 Å². The second-order valence-electron chi connectivity index (χ2n) is 6.15. The van der Waals surface area contributed by atoms with Gasteiger partial charge < -0.3 is 14.5 Å². The standard InChI is InChI=1S/C16H23N3O2/c1-18(2)15-10-12(5-7-17-15)16(20)19-8-6-14-13(11-19)4-3-9-21-14/h5,7,10,13-14H,3-4,6,8-9,11H2,1-2H3/t13-,14-/m0/s1. The molecule has 2 saturated heterocycles. The molecule has 0 radical (unpaired) electrons. The van der Waals surface area contributed by atoms with E-state index in [1.165, 1.54) is 6.42 Å². The number of aromatic nitrogens is 1. The SMILES string of the molecule is CN(C)c1cc(C(=O)N2CC[C@@H]3OCCC[C@H]3C2)ccn1. The average Bonchev–Trinajstić information content (AvgIpc) is 2.53. The maximum absolute atomic E-state index is 12.7. The first-order valence-electron chi connectivity index (χ1n) is 7.69. The summed E-state index contributed by atoms with van der Waals surface area (Å²) < 4.78 is 5.81. The molecule has 2 fully saturated rings. The molecule has 0 N–H and O–H groups in total.